The van der Waals surface area contributed by atoms with Crippen LogP contribution in [0.1, 0.15) is 13.8 Å². The van der Waals surface area contributed by atoms with Gasteiger partial charge in [0.25, 0.3) is 0 Å². The molecule has 0 saturated carbocycles. The largest absolute Gasteiger partial charge is 0.355 e. The lowest BCUT2D eigenvalue weighted by molar-refractivity contribution is 0.494. The summed E-state index contributed by atoms with van der Waals surface area (Å²) in [5, 5.41) is 0. The molecular weight excluding hydrogens is 270 g/mol. The Morgan fingerprint density at radius 2 is 2.00 bits per heavy atom. The van der Waals surface area contributed by atoms with Crippen LogP contribution in [-0.2, 0) is 0 Å². The van der Waals surface area contributed by atoms with Gasteiger partial charge >= 0.3 is 0 Å². The summed E-state index contributed by atoms with van der Waals surface area (Å²) in [6.07, 6.45) is 1.53. The standard InChI is InChI=1S/C10H16BrN5/c1-6-3-16(4-7(6)2)10-8(11)9(15-12)13-5-14-10/h5-7H,3-4,12H2,1-2H3,(H,13,14,15). The third-order valence-electron chi connectivity index (χ3n) is 3.20. The second-order valence-electron chi connectivity index (χ2n) is 4.36. The van der Waals surface area contributed by atoms with Crippen molar-refractivity contribution in [3.05, 3.63) is 10.8 Å². The van der Waals surface area contributed by atoms with Crippen LogP contribution in [0.15, 0.2) is 10.8 Å². The minimum atomic E-state index is 0.622. The minimum Gasteiger partial charge on any atom is -0.355 e. The van der Waals surface area contributed by atoms with Crippen LogP contribution < -0.4 is 16.2 Å². The van der Waals surface area contributed by atoms with E-state index in [1.807, 2.05) is 0 Å². The molecule has 0 radical (unpaired) electrons. The highest BCUT2D eigenvalue weighted by Crippen LogP contribution is 2.33. The first-order valence-electron chi connectivity index (χ1n) is 5.35. The molecular formula is C10H16BrN5. The van der Waals surface area contributed by atoms with Crippen molar-refractivity contribution in [3.63, 3.8) is 0 Å². The van der Waals surface area contributed by atoms with E-state index in [4.69, 9.17) is 5.84 Å². The van der Waals surface area contributed by atoms with Gasteiger partial charge in [0.05, 0.1) is 0 Å². The smallest absolute Gasteiger partial charge is 0.159 e. The first-order valence-corrected chi connectivity index (χ1v) is 6.14. The summed E-state index contributed by atoms with van der Waals surface area (Å²) in [6.45, 7) is 6.59. The van der Waals surface area contributed by atoms with Crippen molar-refractivity contribution >= 4 is 27.6 Å². The fraction of sp³-hybridized carbons (Fsp3) is 0.600. The highest BCUT2D eigenvalue weighted by Gasteiger charge is 2.28. The number of halogens is 1. The molecule has 0 spiro atoms. The van der Waals surface area contributed by atoms with Crippen LogP contribution >= 0.6 is 15.9 Å². The van der Waals surface area contributed by atoms with Gasteiger partial charge < -0.3 is 10.3 Å². The molecule has 2 atom stereocenters. The van der Waals surface area contributed by atoms with Crippen molar-refractivity contribution in [2.75, 3.05) is 23.4 Å². The fourth-order valence-corrected chi connectivity index (χ4v) is 2.55. The van der Waals surface area contributed by atoms with E-state index in [0.717, 1.165) is 23.4 Å². The molecule has 0 aliphatic carbocycles. The molecule has 88 valence electrons. The quantitative estimate of drug-likeness (QED) is 0.638. The van der Waals surface area contributed by atoms with E-state index in [2.05, 4.69) is 50.1 Å². The number of hydrogen-bond acceptors (Lipinski definition) is 5. The average molecular weight is 286 g/mol. The highest BCUT2D eigenvalue weighted by molar-refractivity contribution is 9.10. The van der Waals surface area contributed by atoms with Crippen molar-refractivity contribution in [3.8, 4) is 0 Å². The molecule has 2 rings (SSSR count). The van der Waals surface area contributed by atoms with Gasteiger partial charge in [0.15, 0.2) is 5.82 Å². The average Bonchev–Trinajstić information content (AvgIpc) is 2.59. The van der Waals surface area contributed by atoms with Crippen molar-refractivity contribution in [2.24, 2.45) is 17.7 Å². The Morgan fingerprint density at radius 1 is 1.38 bits per heavy atom. The molecule has 2 heterocycles. The zero-order chi connectivity index (χ0) is 11.7. The molecule has 0 aromatic carbocycles. The summed E-state index contributed by atoms with van der Waals surface area (Å²) in [5.74, 6) is 8.30. The first kappa shape index (κ1) is 11.6. The summed E-state index contributed by atoms with van der Waals surface area (Å²) >= 11 is 3.48. The normalized spacial score (nSPS) is 24.9. The number of anilines is 2. The van der Waals surface area contributed by atoms with Crippen LogP contribution in [-0.4, -0.2) is 23.1 Å². The minimum absolute atomic E-state index is 0.622. The Kier molecular flexibility index (Phi) is 3.30. The lowest BCUT2D eigenvalue weighted by Crippen LogP contribution is -2.22. The summed E-state index contributed by atoms with van der Waals surface area (Å²) in [4.78, 5) is 10.6. The van der Waals surface area contributed by atoms with Crippen molar-refractivity contribution in [1.29, 1.82) is 0 Å². The molecule has 6 heteroatoms. The Hall–Kier alpha value is -0.880. The molecule has 0 bridgehead atoms. The van der Waals surface area contributed by atoms with Crippen LogP contribution in [0.5, 0.6) is 0 Å². The maximum Gasteiger partial charge on any atom is 0.159 e. The molecule has 1 aliphatic rings. The molecule has 1 aliphatic heterocycles. The van der Waals surface area contributed by atoms with Crippen LogP contribution in [0.4, 0.5) is 11.6 Å². The van der Waals surface area contributed by atoms with Gasteiger partial charge in [0.2, 0.25) is 0 Å². The summed E-state index contributed by atoms with van der Waals surface area (Å²) in [7, 11) is 0. The Labute approximate surface area is 104 Å². The Balaban J connectivity index is 2.28. The monoisotopic (exact) mass is 285 g/mol. The van der Waals surface area contributed by atoms with E-state index in [1.165, 1.54) is 6.33 Å². The van der Waals surface area contributed by atoms with Crippen molar-refractivity contribution in [1.82, 2.24) is 9.97 Å². The van der Waals surface area contributed by atoms with Gasteiger partial charge in [0.1, 0.15) is 16.6 Å². The molecule has 1 aromatic heterocycles. The molecule has 16 heavy (non-hydrogen) atoms. The summed E-state index contributed by atoms with van der Waals surface area (Å²) in [6, 6.07) is 0. The lowest BCUT2D eigenvalue weighted by Gasteiger charge is -2.19. The lowest BCUT2D eigenvalue weighted by atomic mass is 10.0. The van der Waals surface area contributed by atoms with Gasteiger partial charge in [-0.15, -0.1) is 0 Å². The predicted molar refractivity (Wildman–Crippen MR) is 68.1 cm³/mol. The molecule has 5 nitrogen and oxygen atoms in total. The van der Waals surface area contributed by atoms with Crippen LogP contribution in [0.3, 0.4) is 0 Å². The number of nitrogens with one attached hydrogen (secondary N) is 1. The van der Waals surface area contributed by atoms with E-state index in [0.29, 0.717) is 17.7 Å². The van der Waals surface area contributed by atoms with Crippen molar-refractivity contribution in [2.45, 2.75) is 13.8 Å². The molecule has 3 N–H and O–H groups in total. The third-order valence-corrected chi connectivity index (χ3v) is 3.93. The Morgan fingerprint density at radius 3 is 2.56 bits per heavy atom. The molecule has 0 amide bonds. The van der Waals surface area contributed by atoms with Crippen molar-refractivity contribution < 1.29 is 0 Å². The van der Waals surface area contributed by atoms with Gasteiger partial charge in [-0.1, -0.05) is 13.8 Å². The van der Waals surface area contributed by atoms with E-state index in [-0.39, 0.29) is 0 Å². The molecule has 1 fully saturated rings. The fourth-order valence-electron chi connectivity index (χ4n) is 1.98. The number of aromatic nitrogens is 2. The first-order chi connectivity index (χ1) is 7.63. The number of nitrogens with two attached hydrogens (primary N) is 1. The van der Waals surface area contributed by atoms with Gasteiger partial charge in [-0.25, -0.2) is 15.8 Å². The Bertz CT molecular complexity index is 373. The van der Waals surface area contributed by atoms with E-state index in [9.17, 15) is 0 Å². The van der Waals surface area contributed by atoms with Crippen LogP contribution in [0.2, 0.25) is 0 Å². The number of hydrazine groups is 1. The van der Waals surface area contributed by atoms with E-state index < -0.39 is 0 Å². The number of nitrogen functional groups attached to an aromatic ring is 1. The third kappa shape index (κ3) is 1.99. The van der Waals surface area contributed by atoms with Gasteiger partial charge in [-0.05, 0) is 27.8 Å². The molecule has 1 saturated heterocycles. The van der Waals surface area contributed by atoms with E-state index >= 15 is 0 Å². The SMILES string of the molecule is CC1CN(c2ncnc(NN)c2Br)CC1C. The zero-order valence-electron chi connectivity index (χ0n) is 9.44. The van der Waals surface area contributed by atoms with Crippen LogP contribution in [0.25, 0.3) is 0 Å². The topological polar surface area (TPSA) is 67.1 Å². The van der Waals surface area contributed by atoms with Gasteiger partial charge in [-0.2, -0.15) is 0 Å². The second-order valence-corrected chi connectivity index (χ2v) is 5.16. The highest BCUT2D eigenvalue weighted by atomic mass is 79.9. The zero-order valence-corrected chi connectivity index (χ0v) is 11.0. The maximum atomic E-state index is 5.38. The van der Waals surface area contributed by atoms with Crippen LogP contribution in [0, 0.1) is 11.8 Å². The van der Waals surface area contributed by atoms with Gasteiger partial charge in [-0.3, -0.25) is 0 Å². The summed E-state index contributed by atoms with van der Waals surface area (Å²) < 4.78 is 0.832. The number of rotatable bonds is 2. The van der Waals surface area contributed by atoms with E-state index in [1.54, 1.807) is 0 Å². The molecule has 2 unspecified atom stereocenters. The summed E-state index contributed by atoms with van der Waals surface area (Å²) in [5.41, 5.74) is 2.56. The maximum absolute atomic E-state index is 5.38. The predicted octanol–water partition coefficient (Wildman–Crippen LogP) is 1.62. The number of hydrogen-bond donors (Lipinski definition) is 2. The second kappa shape index (κ2) is 4.55. The number of nitrogens with zero attached hydrogens (tertiary/aromatic N) is 3. The molecule has 1 aromatic rings. The van der Waals surface area contributed by atoms with Gasteiger partial charge in [0, 0.05) is 13.1 Å².